The summed E-state index contributed by atoms with van der Waals surface area (Å²) < 4.78 is 32.7. The maximum Gasteiger partial charge on any atom is 0.397 e. The van der Waals surface area contributed by atoms with Crippen LogP contribution in [-0.2, 0) is 14.6 Å². The summed E-state index contributed by atoms with van der Waals surface area (Å²) in [5.41, 5.74) is 0. The zero-order valence-electron chi connectivity index (χ0n) is 12.6. The van der Waals surface area contributed by atoms with Gasteiger partial charge >= 0.3 is 10.4 Å². The lowest BCUT2D eigenvalue weighted by Gasteiger charge is -2.00. The zero-order valence-corrected chi connectivity index (χ0v) is 13.4. The Balaban J connectivity index is 0.000000471. The number of unbranched alkanes of at least 4 members (excludes halogenated alkanes) is 6. The van der Waals surface area contributed by atoms with Crippen LogP contribution in [0.2, 0.25) is 0 Å². The Labute approximate surface area is 127 Å². The minimum Gasteiger partial charge on any atom is -0.508 e. The summed E-state index contributed by atoms with van der Waals surface area (Å²) in [4.78, 5) is 0. The molecule has 21 heavy (non-hydrogen) atoms. The van der Waals surface area contributed by atoms with Crippen LogP contribution in [-0.4, -0.2) is 24.7 Å². The van der Waals surface area contributed by atoms with Crippen LogP contribution in [0, 0.1) is 0 Å². The molecule has 0 aliphatic carbocycles. The number of rotatable bonds is 9. The van der Waals surface area contributed by atoms with Crippen molar-refractivity contribution in [1.29, 1.82) is 0 Å². The molecule has 0 aliphatic rings. The second kappa shape index (κ2) is 12.6. The van der Waals surface area contributed by atoms with Crippen LogP contribution in [0.1, 0.15) is 51.9 Å². The summed E-state index contributed by atoms with van der Waals surface area (Å²) in [5.74, 6) is 0.322. The molecule has 0 spiro atoms. The van der Waals surface area contributed by atoms with E-state index in [4.69, 9.17) is 9.66 Å². The van der Waals surface area contributed by atoms with Crippen molar-refractivity contribution in [3.63, 3.8) is 0 Å². The maximum absolute atomic E-state index is 10.1. The molecule has 0 saturated heterocycles. The molecule has 0 aromatic heterocycles. The molecule has 5 nitrogen and oxygen atoms in total. The van der Waals surface area contributed by atoms with Gasteiger partial charge in [-0.2, -0.15) is 8.42 Å². The standard InChI is InChI=1S/C9H20O4S.C6H6O/c1-2-3-4-5-6-7-8-9-13-14(10,11)12;7-6-4-2-1-3-5-6/h2-9H2,1H3,(H,10,11,12);1-5,7H. The molecule has 2 N–H and O–H groups in total. The molecular weight excluding hydrogens is 292 g/mol. The third-order valence-electron chi connectivity index (χ3n) is 2.74. The second-order valence-electron chi connectivity index (χ2n) is 4.71. The van der Waals surface area contributed by atoms with Gasteiger partial charge in [-0.1, -0.05) is 63.6 Å². The second-order valence-corrected chi connectivity index (χ2v) is 5.80. The molecule has 122 valence electrons. The predicted molar refractivity (Wildman–Crippen MR) is 83.6 cm³/mol. The molecule has 1 rings (SSSR count). The Morgan fingerprint density at radius 1 is 0.952 bits per heavy atom. The molecule has 0 amide bonds. The third kappa shape index (κ3) is 16.8. The molecule has 0 heterocycles. The van der Waals surface area contributed by atoms with Crippen molar-refractivity contribution in [2.24, 2.45) is 0 Å². The van der Waals surface area contributed by atoms with Crippen molar-refractivity contribution in [3.05, 3.63) is 30.3 Å². The monoisotopic (exact) mass is 318 g/mol. The van der Waals surface area contributed by atoms with E-state index in [9.17, 15) is 8.42 Å². The smallest absolute Gasteiger partial charge is 0.397 e. The van der Waals surface area contributed by atoms with Gasteiger partial charge in [0.25, 0.3) is 0 Å². The quantitative estimate of drug-likeness (QED) is 0.532. The SMILES string of the molecule is CCCCCCCCCOS(=O)(=O)O.Oc1ccccc1. The number of para-hydroxylation sites is 1. The third-order valence-corrected chi connectivity index (χ3v) is 3.20. The molecule has 1 aromatic carbocycles. The topological polar surface area (TPSA) is 83.8 Å². The Hall–Kier alpha value is -1.11. The first kappa shape index (κ1) is 19.9. The van der Waals surface area contributed by atoms with Gasteiger partial charge in [-0.3, -0.25) is 4.55 Å². The zero-order chi connectivity index (χ0) is 16.0. The molecular formula is C15H26O5S. The molecule has 0 bridgehead atoms. The van der Waals surface area contributed by atoms with Crippen LogP contribution in [0.3, 0.4) is 0 Å². The number of hydrogen-bond acceptors (Lipinski definition) is 4. The first-order valence-corrected chi connectivity index (χ1v) is 8.68. The van der Waals surface area contributed by atoms with Crippen molar-refractivity contribution < 1.29 is 22.3 Å². The van der Waals surface area contributed by atoms with Gasteiger partial charge in [0.1, 0.15) is 5.75 Å². The Morgan fingerprint density at radius 2 is 1.48 bits per heavy atom. The fourth-order valence-electron chi connectivity index (χ4n) is 1.65. The van der Waals surface area contributed by atoms with E-state index in [0.29, 0.717) is 12.2 Å². The van der Waals surface area contributed by atoms with E-state index in [-0.39, 0.29) is 6.61 Å². The Bertz CT molecular complexity index is 431. The van der Waals surface area contributed by atoms with E-state index in [2.05, 4.69) is 11.1 Å². The lowest BCUT2D eigenvalue weighted by atomic mass is 10.1. The molecule has 0 unspecified atom stereocenters. The summed E-state index contributed by atoms with van der Waals surface area (Å²) >= 11 is 0. The van der Waals surface area contributed by atoms with Crippen molar-refractivity contribution in [2.45, 2.75) is 51.9 Å². The summed E-state index contributed by atoms with van der Waals surface area (Å²) in [6, 6.07) is 8.71. The van der Waals surface area contributed by atoms with E-state index in [0.717, 1.165) is 12.8 Å². The van der Waals surface area contributed by atoms with Crippen LogP contribution in [0.5, 0.6) is 5.75 Å². The van der Waals surface area contributed by atoms with Crippen molar-refractivity contribution in [2.75, 3.05) is 6.61 Å². The summed E-state index contributed by atoms with van der Waals surface area (Å²) in [7, 11) is -4.23. The minimum absolute atomic E-state index is 0.0899. The van der Waals surface area contributed by atoms with Crippen LogP contribution in [0.25, 0.3) is 0 Å². The van der Waals surface area contributed by atoms with E-state index in [1.54, 1.807) is 24.3 Å². The largest absolute Gasteiger partial charge is 0.508 e. The minimum atomic E-state index is -4.23. The van der Waals surface area contributed by atoms with Gasteiger partial charge in [0.2, 0.25) is 0 Å². The highest BCUT2D eigenvalue weighted by Gasteiger charge is 2.02. The molecule has 0 fully saturated rings. The predicted octanol–water partition coefficient (Wildman–Crippen LogP) is 3.95. The van der Waals surface area contributed by atoms with Crippen LogP contribution in [0.4, 0.5) is 0 Å². The molecule has 6 heteroatoms. The molecule has 0 radical (unpaired) electrons. The lowest BCUT2D eigenvalue weighted by molar-refractivity contribution is 0.261. The number of hydrogen-bond donors (Lipinski definition) is 2. The average molecular weight is 318 g/mol. The number of phenols is 1. The van der Waals surface area contributed by atoms with Crippen LogP contribution >= 0.6 is 0 Å². The summed E-state index contributed by atoms with van der Waals surface area (Å²) in [6.07, 6.45) is 7.68. The summed E-state index contributed by atoms with van der Waals surface area (Å²) in [5, 5.41) is 8.63. The van der Waals surface area contributed by atoms with Crippen molar-refractivity contribution in [3.8, 4) is 5.75 Å². The Kier molecular flexibility index (Phi) is 12.0. The maximum atomic E-state index is 10.1. The molecule has 0 saturated carbocycles. The fraction of sp³-hybridized carbons (Fsp3) is 0.600. The fourth-order valence-corrected chi connectivity index (χ4v) is 1.98. The number of benzene rings is 1. The summed E-state index contributed by atoms with van der Waals surface area (Å²) in [6.45, 7) is 2.26. The number of aromatic hydroxyl groups is 1. The van der Waals surface area contributed by atoms with Gasteiger partial charge in [0, 0.05) is 0 Å². The molecule has 0 atom stereocenters. The van der Waals surface area contributed by atoms with Gasteiger partial charge in [-0.05, 0) is 18.6 Å². The lowest BCUT2D eigenvalue weighted by Crippen LogP contribution is -2.04. The van der Waals surface area contributed by atoms with E-state index >= 15 is 0 Å². The molecule has 0 aliphatic heterocycles. The van der Waals surface area contributed by atoms with Crippen molar-refractivity contribution >= 4 is 10.4 Å². The van der Waals surface area contributed by atoms with Crippen molar-refractivity contribution in [1.82, 2.24) is 0 Å². The van der Waals surface area contributed by atoms with Gasteiger partial charge < -0.3 is 5.11 Å². The van der Waals surface area contributed by atoms with Gasteiger partial charge in [0.15, 0.2) is 0 Å². The van der Waals surface area contributed by atoms with Gasteiger partial charge in [0.05, 0.1) is 6.61 Å². The van der Waals surface area contributed by atoms with E-state index in [1.165, 1.54) is 25.7 Å². The van der Waals surface area contributed by atoms with Gasteiger partial charge in [-0.25, -0.2) is 4.18 Å². The number of phenolic OH excluding ortho intramolecular Hbond substituents is 1. The van der Waals surface area contributed by atoms with E-state index in [1.807, 2.05) is 6.07 Å². The molecule has 1 aromatic rings. The first-order valence-electron chi connectivity index (χ1n) is 7.31. The Morgan fingerprint density at radius 3 is 1.90 bits per heavy atom. The van der Waals surface area contributed by atoms with Crippen LogP contribution < -0.4 is 0 Å². The highest BCUT2D eigenvalue weighted by molar-refractivity contribution is 7.80. The first-order chi connectivity index (χ1) is 9.95. The normalized spacial score (nSPS) is 10.8. The average Bonchev–Trinajstić information content (AvgIpc) is 2.42. The highest BCUT2D eigenvalue weighted by atomic mass is 32.3. The van der Waals surface area contributed by atoms with E-state index < -0.39 is 10.4 Å². The van der Waals surface area contributed by atoms with Gasteiger partial charge in [-0.15, -0.1) is 0 Å². The van der Waals surface area contributed by atoms with Crippen LogP contribution in [0.15, 0.2) is 30.3 Å². The highest BCUT2D eigenvalue weighted by Crippen LogP contribution is 2.07.